The molecule has 5 nitrogen and oxygen atoms in total. The summed E-state index contributed by atoms with van der Waals surface area (Å²) in [5.41, 5.74) is 6.46. The molecule has 0 radical (unpaired) electrons. The first-order valence-corrected chi connectivity index (χ1v) is 10.4. The molecule has 6 heteroatoms. The Morgan fingerprint density at radius 3 is 2.73 bits per heavy atom. The third-order valence-electron chi connectivity index (χ3n) is 5.31. The van der Waals surface area contributed by atoms with E-state index in [-0.39, 0.29) is 11.9 Å². The third kappa shape index (κ3) is 3.25. The normalized spacial score (nSPS) is 19.5. The molecule has 2 aromatic rings. The van der Waals surface area contributed by atoms with Gasteiger partial charge in [-0.05, 0) is 62.4 Å². The molecule has 0 aliphatic carbocycles. The van der Waals surface area contributed by atoms with Gasteiger partial charge in [0.1, 0.15) is 0 Å². The fourth-order valence-electron chi connectivity index (χ4n) is 3.69. The van der Waals surface area contributed by atoms with Crippen LogP contribution in [0.2, 0.25) is 0 Å². The summed E-state index contributed by atoms with van der Waals surface area (Å²) in [7, 11) is 1.69. The number of alkyl halides is 1. The van der Waals surface area contributed by atoms with Crippen LogP contribution < -0.4 is 10.2 Å². The number of methoxy groups -OCH3 is 1. The lowest BCUT2D eigenvalue weighted by Gasteiger charge is -2.24. The van der Waals surface area contributed by atoms with Gasteiger partial charge in [0.15, 0.2) is 5.88 Å². The molecule has 1 fully saturated rings. The van der Waals surface area contributed by atoms with Crippen molar-refractivity contribution in [3.05, 3.63) is 35.5 Å². The molecular formula is C20H28BrN3O2. The maximum absolute atomic E-state index is 12.9. The Morgan fingerprint density at radius 1 is 1.31 bits per heavy atom. The number of aryl methyl sites for hydroxylation is 1. The Morgan fingerprint density at radius 2 is 2.08 bits per heavy atom. The van der Waals surface area contributed by atoms with E-state index in [1.165, 1.54) is 5.56 Å². The van der Waals surface area contributed by atoms with Gasteiger partial charge in [0.2, 0.25) is 5.91 Å². The van der Waals surface area contributed by atoms with Gasteiger partial charge in [-0.1, -0.05) is 22.9 Å². The summed E-state index contributed by atoms with van der Waals surface area (Å²) in [4.78, 5) is 12.9. The summed E-state index contributed by atoms with van der Waals surface area (Å²) in [6.45, 7) is 6.94. The van der Waals surface area contributed by atoms with Crippen molar-refractivity contribution in [2.75, 3.05) is 19.0 Å². The molecule has 1 atom stereocenters. The fraction of sp³-hybridized carbons (Fsp3) is 0.550. The van der Waals surface area contributed by atoms with Crippen LogP contribution in [0.1, 0.15) is 50.8 Å². The number of pyridine rings is 1. The number of hydrogen-bond acceptors (Lipinski definition) is 3. The zero-order valence-electron chi connectivity index (χ0n) is 16.0. The van der Waals surface area contributed by atoms with E-state index in [0.29, 0.717) is 0 Å². The number of amides is 1. The standard InChI is InChI=1S/C20H28BrN3O2/c1-5-14-12-16-15(8-9-17(26-4)23(16)13-14)18-20(2,3)19(25)24(22-18)11-7-6-10-21/h8-9,12-13,18,22H,5-7,10-11H2,1-4H3. The van der Waals surface area contributed by atoms with Crippen molar-refractivity contribution in [2.45, 2.75) is 46.1 Å². The molecule has 1 N–H and O–H groups in total. The minimum atomic E-state index is -0.500. The summed E-state index contributed by atoms with van der Waals surface area (Å²) in [5.74, 6) is 0.966. The quantitative estimate of drug-likeness (QED) is 0.540. The first-order valence-electron chi connectivity index (χ1n) is 9.26. The number of halogens is 1. The van der Waals surface area contributed by atoms with E-state index >= 15 is 0 Å². The topological polar surface area (TPSA) is 46.0 Å². The first kappa shape index (κ1) is 19.2. The number of ether oxygens (including phenoxy) is 1. The summed E-state index contributed by atoms with van der Waals surface area (Å²) < 4.78 is 7.61. The molecule has 1 aliphatic heterocycles. The average Bonchev–Trinajstić information content (AvgIpc) is 3.16. The third-order valence-corrected chi connectivity index (χ3v) is 5.87. The SMILES string of the molecule is CCc1cc2c(C3NN(CCCCBr)C(=O)C3(C)C)ccc(OC)n2c1. The monoisotopic (exact) mass is 421 g/mol. The van der Waals surface area contributed by atoms with Gasteiger partial charge >= 0.3 is 0 Å². The molecule has 1 aliphatic rings. The van der Waals surface area contributed by atoms with Crippen LogP contribution in [-0.2, 0) is 11.2 Å². The number of rotatable bonds is 7. The molecule has 2 aromatic heterocycles. The maximum Gasteiger partial charge on any atom is 0.244 e. The van der Waals surface area contributed by atoms with Crippen LogP contribution in [0, 0.1) is 5.41 Å². The Kier molecular flexibility index (Phi) is 5.63. The van der Waals surface area contributed by atoms with Crippen LogP contribution in [0.5, 0.6) is 5.88 Å². The Hall–Kier alpha value is -1.53. The van der Waals surface area contributed by atoms with Crippen LogP contribution in [0.15, 0.2) is 24.4 Å². The second-order valence-corrected chi connectivity index (χ2v) is 8.22. The van der Waals surface area contributed by atoms with Gasteiger partial charge in [-0.25, -0.2) is 5.43 Å². The Bertz CT molecular complexity index is 800. The van der Waals surface area contributed by atoms with Gasteiger partial charge in [-0.15, -0.1) is 0 Å². The fourth-order valence-corrected chi connectivity index (χ4v) is 4.09. The molecule has 0 aromatic carbocycles. The number of unbranched alkanes of at least 4 members (excludes halogenated alkanes) is 1. The highest BCUT2D eigenvalue weighted by atomic mass is 79.9. The smallest absolute Gasteiger partial charge is 0.244 e. The number of hydrogen-bond donors (Lipinski definition) is 1. The first-order chi connectivity index (χ1) is 12.4. The number of carbonyl (C=O) groups excluding carboxylic acids is 1. The molecule has 0 saturated carbocycles. The van der Waals surface area contributed by atoms with Crippen molar-refractivity contribution in [3.63, 3.8) is 0 Å². The number of carbonyl (C=O) groups is 1. The van der Waals surface area contributed by atoms with E-state index in [4.69, 9.17) is 4.74 Å². The molecular weight excluding hydrogens is 394 g/mol. The lowest BCUT2D eigenvalue weighted by molar-refractivity contribution is -0.136. The number of fused-ring (bicyclic) bond motifs is 1. The minimum absolute atomic E-state index is 0.0630. The summed E-state index contributed by atoms with van der Waals surface area (Å²) in [6, 6.07) is 6.21. The van der Waals surface area contributed by atoms with Crippen molar-refractivity contribution in [2.24, 2.45) is 5.41 Å². The van der Waals surface area contributed by atoms with Gasteiger partial charge in [0, 0.05) is 18.1 Å². The summed E-state index contributed by atoms with van der Waals surface area (Å²) in [6.07, 6.45) is 5.12. The number of nitrogens with zero attached hydrogens (tertiary/aromatic N) is 2. The van der Waals surface area contributed by atoms with Gasteiger partial charge in [-0.2, -0.15) is 0 Å². The zero-order chi connectivity index (χ0) is 18.9. The second-order valence-electron chi connectivity index (χ2n) is 7.42. The lowest BCUT2D eigenvalue weighted by atomic mass is 9.81. The molecule has 3 rings (SSSR count). The highest BCUT2D eigenvalue weighted by Crippen LogP contribution is 2.42. The van der Waals surface area contributed by atoms with Crippen LogP contribution in [0.3, 0.4) is 0 Å². The lowest BCUT2D eigenvalue weighted by Crippen LogP contribution is -2.36. The number of aromatic nitrogens is 1. The van der Waals surface area contributed by atoms with Crippen LogP contribution in [0.4, 0.5) is 0 Å². The van der Waals surface area contributed by atoms with E-state index < -0.39 is 5.41 Å². The summed E-state index contributed by atoms with van der Waals surface area (Å²) >= 11 is 3.46. The predicted octanol–water partition coefficient (Wildman–Crippen LogP) is 4.10. The van der Waals surface area contributed by atoms with Gasteiger partial charge in [0.05, 0.1) is 24.1 Å². The van der Waals surface area contributed by atoms with Gasteiger partial charge in [-0.3, -0.25) is 14.2 Å². The van der Waals surface area contributed by atoms with Crippen LogP contribution in [-0.4, -0.2) is 34.3 Å². The molecule has 0 spiro atoms. The van der Waals surface area contributed by atoms with Crippen molar-refractivity contribution in [1.29, 1.82) is 0 Å². The van der Waals surface area contributed by atoms with Crippen molar-refractivity contribution < 1.29 is 9.53 Å². The summed E-state index contributed by atoms with van der Waals surface area (Å²) in [5, 5.41) is 2.77. The Balaban J connectivity index is 2.00. The van der Waals surface area contributed by atoms with Crippen molar-refractivity contribution >= 4 is 27.4 Å². The molecule has 3 heterocycles. The largest absolute Gasteiger partial charge is 0.482 e. The van der Waals surface area contributed by atoms with E-state index in [1.807, 2.05) is 19.9 Å². The molecule has 1 unspecified atom stereocenters. The zero-order valence-corrected chi connectivity index (χ0v) is 17.6. The second kappa shape index (κ2) is 7.61. The highest BCUT2D eigenvalue weighted by molar-refractivity contribution is 9.09. The van der Waals surface area contributed by atoms with Crippen molar-refractivity contribution in [3.8, 4) is 5.88 Å². The Labute approximate surface area is 163 Å². The minimum Gasteiger partial charge on any atom is -0.482 e. The van der Waals surface area contributed by atoms with Crippen LogP contribution in [0.25, 0.3) is 5.52 Å². The molecule has 26 heavy (non-hydrogen) atoms. The van der Waals surface area contributed by atoms with E-state index in [9.17, 15) is 4.79 Å². The highest BCUT2D eigenvalue weighted by Gasteiger charge is 2.48. The van der Waals surface area contributed by atoms with Gasteiger partial charge in [0.25, 0.3) is 0 Å². The number of nitrogens with one attached hydrogen (secondary N) is 1. The average molecular weight is 422 g/mol. The van der Waals surface area contributed by atoms with Gasteiger partial charge < -0.3 is 4.74 Å². The number of hydrazine groups is 1. The predicted molar refractivity (Wildman–Crippen MR) is 108 cm³/mol. The van der Waals surface area contributed by atoms with E-state index in [2.05, 4.69) is 51.0 Å². The van der Waals surface area contributed by atoms with E-state index in [1.54, 1.807) is 12.1 Å². The van der Waals surface area contributed by atoms with Crippen molar-refractivity contribution in [1.82, 2.24) is 14.8 Å². The molecule has 0 bridgehead atoms. The van der Waals surface area contributed by atoms with Crippen LogP contribution >= 0.6 is 15.9 Å². The maximum atomic E-state index is 12.9. The van der Waals surface area contributed by atoms with E-state index in [0.717, 1.165) is 48.1 Å². The molecule has 1 amide bonds. The molecule has 1 saturated heterocycles. The molecule has 142 valence electrons.